The van der Waals surface area contributed by atoms with Crippen molar-refractivity contribution in [2.24, 2.45) is 5.73 Å². The molecule has 1 aliphatic rings. The molecule has 8 nitrogen and oxygen atoms in total. The number of carbonyl (C=O) groups is 2. The van der Waals surface area contributed by atoms with Gasteiger partial charge < -0.3 is 15.8 Å². The number of thiazole rings is 1. The zero-order chi connectivity index (χ0) is 22.4. The maximum absolute atomic E-state index is 12.7. The minimum atomic E-state index is -0.544. The smallest absolute Gasteiger partial charge is 0.255 e. The van der Waals surface area contributed by atoms with Crippen molar-refractivity contribution in [2.75, 3.05) is 11.9 Å². The zero-order valence-electron chi connectivity index (χ0n) is 17.6. The zero-order valence-corrected chi connectivity index (χ0v) is 18.4. The van der Waals surface area contributed by atoms with Gasteiger partial charge in [0.25, 0.3) is 5.91 Å². The molecule has 0 fully saturated rings. The van der Waals surface area contributed by atoms with Gasteiger partial charge in [-0.15, -0.1) is 0 Å². The monoisotopic (exact) mass is 447 g/mol. The average molecular weight is 448 g/mol. The van der Waals surface area contributed by atoms with Gasteiger partial charge in [0.2, 0.25) is 11.0 Å². The Balaban J connectivity index is 1.58. The molecule has 2 aromatic heterocycles. The first kappa shape index (κ1) is 20.2. The maximum atomic E-state index is 12.7. The van der Waals surface area contributed by atoms with Crippen LogP contribution in [-0.2, 0) is 9.59 Å². The summed E-state index contributed by atoms with van der Waals surface area (Å²) in [4.78, 5) is 28.4. The predicted molar refractivity (Wildman–Crippen MR) is 122 cm³/mol. The number of ether oxygens (including phenoxy) is 1. The summed E-state index contributed by atoms with van der Waals surface area (Å²) >= 11 is 1.53. The second-order valence-corrected chi connectivity index (χ2v) is 8.87. The Bertz CT molecular complexity index is 1370. The van der Waals surface area contributed by atoms with Gasteiger partial charge in [0.1, 0.15) is 11.6 Å². The molecule has 3 heterocycles. The van der Waals surface area contributed by atoms with Crippen molar-refractivity contribution < 1.29 is 14.3 Å². The molecule has 0 saturated heterocycles. The fourth-order valence-electron chi connectivity index (χ4n) is 4.06. The highest BCUT2D eigenvalue weighted by Crippen LogP contribution is 2.41. The minimum absolute atomic E-state index is 0.0935. The lowest BCUT2D eigenvalue weighted by Gasteiger charge is -2.24. The Morgan fingerprint density at radius 2 is 2.12 bits per heavy atom. The number of nitrogens with two attached hydrogens (primary N) is 1. The second kappa shape index (κ2) is 7.76. The lowest BCUT2D eigenvalue weighted by molar-refractivity contribution is -0.120. The summed E-state index contributed by atoms with van der Waals surface area (Å²) in [7, 11) is 0. The molecule has 2 amide bonds. The van der Waals surface area contributed by atoms with Crippen LogP contribution < -0.4 is 15.8 Å². The predicted octanol–water partition coefficient (Wildman–Crippen LogP) is 3.44. The largest absolute Gasteiger partial charge is 0.484 e. The molecule has 3 N–H and O–H groups in total. The topological polar surface area (TPSA) is 112 Å². The van der Waals surface area contributed by atoms with E-state index < -0.39 is 5.91 Å². The molecule has 1 aliphatic heterocycles. The summed E-state index contributed by atoms with van der Waals surface area (Å²) in [6, 6.07) is 13.5. The summed E-state index contributed by atoms with van der Waals surface area (Å²) in [6.45, 7) is 3.78. The van der Waals surface area contributed by atoms with Crippen molar-refractivity contribution in [1.82, 2.24) is 14.8 Å². The molecule has 2 aromatic carbocycles. The SMILES string of the molecule is Cc1ccc2nc(-n3nc(C)c4c3NC(=O)C[C@H]4c3cccc(OCC(N)=O)c3)sc2c1. The van der Waals surface area contributed by atoms with E-state index in [1.807, 2.05) is 44.2 Å². The van der Waals surface area contributed by atoms with Crippen LogP contribution in [0, 0.1) is 13.8 Å². The van der Waals surface area contributed by atoms with Crippen LogP contribution >= 0.6 is 11.3 Å². The van der Waals surface area contributed by atoms with Gasteiger partial charge in [-0.1, -0.05) is 29.5 Å². The number of fused-ring (bicyclic) bond motifs is 2. The Kier molecular flexibility index (Phi) is 4.90. The third-order valence-electron chi connectivity index (χ3n) is 5.46. The van der Waals surface area contributed by atoms with Crippen LogP contribution in [0.5, 0.6) is 5.75 Å². The number of benzene rings is 2. The second-order valence-electron chi connectivity index (χ2n) is 7.86. The lowest BCUT2D eigenvalue weighted by atomic mass is 9.86. The van der Waals surface area contributed by atoms with E-state index in [-0.39, 0.29) is 24.9 Å². The number of primary amides is 1. The molecule has 9 heteroatoms. The molecule has 5 rings (SSSR count). The Labute approximate surface area is 188 Å². The van der Waals surface area contributed by atoms with E-state index in [4.69, 9.17) is 20.6 Å². The van der Waals surface area contributed by atoms with Crippen LogP contribution in [0.15, 0.2) is 42.5 Å². The van der Waals surface area contributed by atoms with Crippen LogP contribution in [0.2, 0.25) is 0 Å². The number of aryl methyl sites for hydroxylation is 2. The molecule has 1 atom stereocenters. The minimum Gasteiger partial charge on any atom is -0.484 e. The Morgan fingerprint density at radius 3 is 2.94 bits per heavy atom. The van der Waals surface area contributed by atoms with Crippen LogP contribution in [0.3, 0.4) is 0 Å². The van der Waals surface area contributed by atoms with Crippen molar-refractivity contribution in [1.29, 1.82) is 0 Å². The molecule has 4 aromatic rings. The van der Waals surface area contributed by atoms with Crippen LogP contribution in [0.1, 0.15) is 34.7 Å². The maximum Gasteiger partial charge on any atom is 0.255 e. The van der Waals surface area contributed by atoms with Crippen LogP contribution in [-0.4, -0.2) is 33.2 Å². The molecule has 32 heavy (non-hydrogen) atoms. The van der Waals surface area contributed by atoms with E-state index in [1.165, 1.54) is 11.3 Å². The van der Waals surface area contributed by atoms with Crippen molar-refractivity contribution in [3.8, 4) is 10.9 Å². The number of amides is 2. The molecule has 0 saturated carbocycles. The quantitative estimate of drug-likeness (QED) is 0.487. The summed E-state index contributed by atoms with van der Waals surface area (Å²) in [5.41, 5.74) is 9.93. The Morgan fingerprint density at radius 1 is 1.28 bits per heavy atom. The molecule has 0 spiro atoms. The number of nitrogens with one attached hydrogen (secondary N) is 1. The van der Waals surface area contributed by atoms with E-state index in [2.05, 4.69) is 11.4 Å². The molecule has 162 valence electrons. The number of hydrogen-bond acceptors (Lipinski definition) is 6. The molecular weight excluding hydrogens is 426 g/mol. The van der Waals surface area contributed by atoms with E-state index >= 15 is 0 Å². The van der Waals surface area contributed by atoms with Crippen LogP contribution in [0.25, 0.3) is 15.3 Å². The summed E-state index contributed by atoms with van der Waals surface area (Å²) in [5.74, 6) is 0.339. The molecule has 0 aliphatic carbocycles. The standard InChI is InChI=1S/C23H21N5O3S/c1-12-6-7-17-18(8-12)32-23(25-17)28-22-21(13(2)27-28)16(10-20(30)26-22)14-4-3-5-15(9-14)31-11-19(24)29/h3-9,16H,10-11H2,1-2H3,(H2,24,29)(H,26,30)/t16-/m0/s1. The number of anilines is 1. The summed E-state index contributed by atoms with van der Waals surface area (Å²) < 4.78 is 8.25. The number of nitrogens with zero attached hydrogens (tertiary/aromatic N) is 3. The third kappa shape index (κ3) is 3.60. The van der Waals surface area contributed by atoms with Crippen molar-refractivity contribution in [3.63, 3.8) is 0 Å². The van der Waals surface area contributed by atoms with Crippen molar-refractivity contribution in [2.45, 2.75) is 26.2 Å². The van der Waals surface area contributed by atoms with Gasteiger partial charge in [0, 0.05) is 17.9 Å². The van der Waals surface area contributed by atoms with Gasteiger partial charge in [-0.3, -0.25) is 9.59 Å². The Hall–Kier alpha value is -3.72. The fraction of sp³-hybridized carbons (Fsp3) is 0.217. The van der Waals surface area contributed by atoms with Gasteiger partial charge in [0.15, 0.2) is 6.61 Å². The highest BCUT2D eigenvalue weighted by atomic mass is 32.1. The van der Waals surface area contributed by atoms with Gasteiger partial charge in [0.05, 0.1) is 15.9 Å². The number of hydrogen-bond donors (Lipinski definition) is 2. The molecule has 0 radical (unpaired) electrons. The molecule has 0 bridgehead atoms. The first-order chi connectivity index (χ1) is 15.4. The fourth-order valence-corrected chi connectivity index (χ4v) is 5.08. The van der Waals surface area contributed by atoms with Gasteiger partial charge >= 0.3 is 0 Å². The normalized spacial score (nSPS) is 15.4. The summed E-state index contributed by atoms with van der Waals surface area (Å²) in [5, 5.41) is 8.43. The number of rotatable bonds is 5. The van der Waals surface area contributed by atoms with E-state index in [9.17, 15) is 9.59 Å². The lowest BCUT2D eigenvalue weighted by Crippen LogP contribution is -2.25. The number of carbonyl (C=O) groups excluding carboxylic acids is 2. The highest BCUT2D eigenvalue weighted by Gasteiger charge is 2.33. The third-order valence-corrected chi connectivity index (χ3v) is 6.45. The van der Waals surface area contributed by atoms with E-state index in [1.54, 1.807) is 10.7 Å². The molecule has 0 unspecified atom stereocenters. The summed E-state index contributed by atoms with van der Waals surface area (Å²) in [6.07, 6.45) is 0.290. The van der Waals surface area contributed by atoms with Crippen molar-refractivity contribution in [3.05, 3.63) is 64.8 Å². The van der Waals surface area contributed by atoms with E-state index in [0.717, 1.165) is 32.6 Å². The average Bonchev–Trinajstić information content (AvgIpc) is 3.32. The van der Waals surface area contributed by atoms with Crippen molar-refractivity contribution >= 4 is 39.2 Å². The first-order valence-corrected chi connectivity index (χ1v) is 11.0. The first-order valence-electron chi connectivity index (χ1n) is 10.2. The number of aromatic nitrogens is 3. The van der Waals surface area contributed by atoms with E-state index in [0.29, 0.717) is 16.7 Å². The van der Waals surface area contributed by atoms with Crippen LogP contribution in [0.4, 0.5) is 5.82 Å². The van der Waals surface area contributed by atoms with Gasteiger partial charge in [-0.05, 0) is 49.2 Å². The van der Waals surface area contributed by atoms with Gasteiger partial charge in [-0.25, -0.2) is 4.98 Å². The molecular formula is C23H21N5O3S. The highest BCUT2D eigenvalue weighted by molar-refractivity contribution is 7.20. The van der Waals surface area contributed by atoms with Gasteiger partial charge in [-0.2, -0.15) is 9.78 Å².